The van der Waals surface area contributed by atoms with Gasteiger partial charge in [-0.1, -0.05) is 12.1 Å². The molecule has 2 fully saturated rings. The average molecular weight is 248 g/mol. The lowest BCUT2D eigenvalue weighted by molar-refractivity contribution is -0.151. The zero-order valence-electron chi connectivity index (χ0n) is 10.8. The Bertz CT molecular complexity index is 416. The van der Waals surface area contributed by atoms with Crippen LogP contribution in [0.1, 0.15) is 43.8 Å². The van der Waals surface area contributed by atoms with Gasteiger partial charge in [-0.15, -0.1) is 0 Å². The quantitative estimate of drug-likeness (QED) is 0.870. The third kappa shape index (κ3) is 2.13. The molecule has 0 aliphatic heterocycles. The second-order valence-electron chi connectivity index (χ2n) is 5.41. The van der Waals surface area contributed by atoms with Crippen molar-refractivity contribution >= 4 is 0 Å². The number of benzene rings is 1. The summed E-state index contributed by atoms with van der Waals surface area (Å²) in [5, 5.41) is 10.5. The molecule has 0 spiro atoms. The summed E-state index contributed by atoms with van der Waals surface area (Å²) in [5.74, 6) is 0.861. The van der Waals surface area contributed by atoms with E-state index in [9.17, 15) is 5.11 Å². The van der Waals surface area contributed by atoms with Gasteiger partial charge in [-0.2, -0.15) is 0 Å². The van der Waals surface area contributed by atoms with Gasteiger partial charge in [0, 0.05) is 7.11 Å². The molecule has 0 aromatic heterocycles. The highest BCUT2D eigenvalue weighted by molar-refractivity contribution is 5.32. The monoisotopic (exact) mass is 248 g/mol. The maximum atomic E-state index is 10.5. The average Bonchev–Trinajstić information content (AvgIpc) is 3.12. The van der Waals surface area contributed by atoms with Crippen molar-refractivity contribution in [3.8, 4) is 5.75 Å². The Balaban J connectivity index is 1.77. The van der Waals surface area contributed by atoms with E-state index in [1.54, 1.807) is 7.11 Å². The van der Waals surface area contributed by atoms with Crippen LogP contribution < -0.4 is 4.74 Å². The second-order valence-corrected chi connectivity index (χ2v) is 5.41. The van der Waals surface area contributed by atoms with Crippen LogP contribution in [0.5, 0.6) is 5.75 Å². The van der Waals surface area contributed by atoms with E-state index < -0.39 is 6.10 Å². The normalized spacial score (nSPS) is 23.2. The van der Waals surface area contributed by atoms with Gasteiger partial charge in [0.15, 0.2) is 0 Å². The maximum Gasteiger partial charge on any atom is 0.120 e. The minimum absolute atomic E-state index is 0.377. The summed E-state index contributed by atoms with van der Waals surface area (Å²) >= 11 is 0. The van der Waals surface area contributed by atoms with Crippen LogP contribution in [0.25, 0.3) is 0 Å². The predicted molar refractivity (Wildman–Crippen MR) is 68.6 cm³/mol. The van der Waals surface area contributed by atoms with Crippen LogP contribution in [0.2, 0.25) is 0 Å². The smallest absolute Gasteiger partial charge is 0.120 e. The minimum Gasteiger partial charge on any atom is -0.490 e. The Morgan fingerprint density at radius 2 is 2.11 bits per heavy atom. The zero-order chi connectivity index (χ0) is 12.6. The summed E-state index contributed by atoms with van der Waals surface area (Å²) in [7, 11) is 1.69. The summed E-state index contributed by atoms with van der Waals surface area (Å²) < 4.78 is 11.3. The van der Waals surface area contributed by atoms with Crippen molar-refractivity contribution < 1.29 is 14.6 Å². The van der Waals surface area contributed by atoms with Crippen molar-refractivity contribution in [3.63, 3.8) is 0 Å². The lowest BCUT2D eigenvalue weighted by Crippen LogP contribution is -2.45. The predicted octanol–water partition coefficient (Wildman–Crippen LogP) is 2.83. The van der Waals surface area contributed by atoms with Crippen LogP contribution in [0.4, 0.5) is 0 Å². The van der Waals surface area contributed by atoms with Crippen LogP contribution in [0.15, 0.2) is 24.3 Å². The Hall–Kier alpha value is -1.06. The molecule has 2 aliphatic carbocycles. The Morgan fingerprint density at radius 1 is 1.33 bits per heavy atom. The van der Waals surface area contributed by atoms with Crippen molar-refractivity contribution in [2.75, 3.05) is 7.11 Å². The number of hydrogen-bond donors (Lipinski definition) is 1. The molecule has 2 saturated carbocycles. The molecule has 0 radical (unpaired) electrons. The molecular formula is C15H20O3. The van der Waals surface area contributed by atoms with Gasteiger partial charge in [0.1, 0.15) is 11.9 Å². The van der Waals surface area contributed by atoms with Gasteiger partial charge < -0.3 is 14.6 Å². The van der Waals surface area contributed by atoms with Gasteiger partial charge in [-0.25, -0.2) is 0 Å². The van der Waals surface area contributed by atoms with Crippen LogP contribution >= 0.6 is 0 Å². The molecule has 18 heavy (non-hydrogen) atoms. The molecule has 1 atom stereocenters. The third-order valence-corrected chi connectivity index (χ3v) is 4.11. The highest BCUT2D eigenvalue weighted by atomic mass is 16.5. The first-order chi connectivity index (χ1) is 8.73. The summed E-state index contributed by atoms with van der Waals surface area (Å²) in [6.45, 7) is 0. The first-order valence-electron chi connectivity index (χ1n) is 6.73. The first-order valence-corrected chi connectivity index (χ1v) is 6.73. The van der Waals surface area contributed by atoms with Crippen LogP contribution in [-0.4, -0.2) is 23.9 Å². The Labute approximate surface area is 108 Å². The fourth-order valence-corrected chi connectivity index (χ4v) is 2.55. The lowest BCUT2D eigenvalue weighted by atomic mass is 9.73. The molecule has 98 valence electrons. The third-order valence-electron chi connectivity index (χ3n) is 4.11. The summed E-state index contributed by atoms with van der Waals surface area (Å²) in [6, 6.07) is 7.79. The number of aliphatic hydroxyl groups is 1. The fourth-order valence-electron chi connectivity index (χ4n) is 2.55. The SMILES string of the molecule is COC1(C(O)c2cccc(OC3CC3)c2)CCC1. The minimum atomic E-state index is -0.556. The largest absolute Gasteiger partial charge is 0.490 e. The maximum absolute atomic E-state index is 10.5. The number of hydrogen-bond acceptors (Lipinski definition) is 3. The standard InChI is InChI=1S/C15H20O3/c1-17-15(8-3-9-15)14(16)11-4-2-5-13(10-11)18-12-6-7-12/h2,4-5,10,12,14,16H,3,6-9H2,1H3. The van der Waals surface area contributed by atoms with Gasteiger partial charge in [0.25, 0.3) is 0 Å². The molecular weight excluding hydrogens is 228 g/mol. The fraction of sp³-hybridized carbons (Fsp3) is 0.600. The summed E-state index contributed by atoms with van der Waals surface area (Å²) in [6.07, 6.45) is 5.11. The molecule has 3 heteroatoms. The summed E-state index contributed by atoms with van der Waals surface area (Å²) in [5.41, 5.74) is 0.521. The number of aliphatic hydroxyl groups excluding tert-OH is 1. The van der Waals surface area contributed by atoms with E-state index >= 15 is 0 Å². The number of rotatable bonds is 5. The van der Waals surface area contributed by atoms with Gasteiger partial charge in [-0.3, -0.25) is 0 Å². The number of ether oxygens (including phenoxy) is 2. The van der Waals surface area contributed by atoms with E-state index in [4.69, 9.17) is 9.47 Å². The van der Waals surface area contributed by atoms with Crippen molar-refractivity contribution in [1.29, 1.82) is 0 Å². The summed E-state index contributed by atoms with van der Waals surface area (Å²) in [4.78, 5) is 0. The second kappa shape index (κ2) is 4.56. The van der Waals surface area contributed by atoms with E-state index in [1.807, 2.05) is 24.3 Å². The van der Waals surface area contributed by atoms with E-state index in [-0.39, 0.29) is 5.60 Å². The van der Waals surface area contributed by atoms with Crippen molar-refractivity contribution in [2.45, 2.75) is 49.9 Å². The Kier molecular flexibility index (Phi) is 3.04. The molecule has 1 N–H and O–H groups in total. The molecule has 1 aromatic carbocycles. The molecule has 0 amide bonds. The van der Waals surface area contributed by atoms with Crippen LogP contribution in [0, 0.1) is 0 Å². The van der Waals surface area contributed by atoms with Gasteiger partial charge in [0.05, 0.1) is 11.7 Å². The molecule has 1 unspecified atom stereocenters. The molecule has 2 aliphatic rings. The molecule has 0 heterocycles. The van der Waals surface area contributed by atoms with E-state index in [2.05, 4.69) is 0 Å². The zero-order valence-corrected chi connectivity index (χ0v) is 10.8. The number of methoxy groups -OCH3 is 1. The van der Waals surface area contributed by atoms with Crippen molar-refractivity contribution in [1.82, 2.24) is 0 Å². The van der Waals surface area contributed by atoms with Crippen molar-refractivity contribution in [2.24, 2.45) is 0 Å². The van der Waals surface area contributed by atoms with E-state index in [1.165, 1.54) is 0 Å². The van der Waals surface area contributed by atoms with Gasteiger partial charge in [0.2, 0.25) is 0 Å². The Morgan fingerprint density at radius 3 is 2.67 bits per heavy atom. The highest BCUT2D eigenvalue weighted by Gasteiger charge is 2.44. The van der Waals surface area contributed by atoms with Crippen LogP contribution in [-0.2, 0) is 4.74 Å². The highest BCUT2D eigenvalue weighted by Crippen LogP contribution is 2.45. The molecule has 3 rings (SSSR count). The van der Waals surface area contributed by atoms with Crippen LogP contribution in [0.3, 0.4) is 0 Å². The van der Waals surface area contributed by atoms with Crippen molar-refractivity contribution in [3.05, 3.63) is 29.8 Å². The molecule has 3 nitrogen and oxygen atoms in total. The molecule has 0 saturated heterocycles. The van der Waals surface area contributed by atoms with E-state index in [0.717, 1.165) is 43.4 Å². The lowest BCUT2D eigenvalue weighted by Gasteiger charge is -2.44. The van der Waals surface area contributed by atoms with Gasteiger partial charge in [-0.05, 0) is 49.8 Å². The molecule has 1 aromatic rings. The first kappa shape index (κ1) is 12.0. The topological polar surface area (TPSA) is 38.7 Å². The van der Waals surface area contributed by atoms with E-state index in [0.29, 0.717) is 6.10 Å². The van der Waals surface area contributed by atoms with Gasteiger partial charge >= 0.3 is 0 Å². The molecule has 0 bridgehead atoms.